The lowest BCUT2D eigenvalue weighted by Crippen LogP contribution is -2.59. The van der Waals surface area contributed by atoms with Gasteiger partial charge in [-0.25, -0.2) is 4.63 Å². The molecule has 110 valence electrons. The van der Waals surface area contributed by atoms with Crippen LogP contribution in [0.15, 0.2) is 4.63 Å². The normalized spacial score (nSPS) is 27.6. The third kappa shape index (κ3) is 2.54. The van der Waals surface area contributed by atoms with Gasteiger partial charge in [-0.3, -0.25) is 4.79 Å². The molecule has 0 aliphatic carbocycles. The quantitative estimate of drug-likeness (QED) is 0.722. The van der Waals surface area contributed by atoms with Gasteiger partial charge in [-0.15, -0.1) is 0 Å². The first-order valence-electron chi connectivity index (χ1n) is 6.71. The topological polar surface area (TPSA) is 89.7 Å². The number of aromatic nitrogens is 2. The van der Waals surface area contributed by atoms with Gasteiger partial charge in [-0.2, -0.15) is 0 Å². The van der Waals surface area contributed by atoms with Gasteiger partial charge in [0.25, 0.3) is 5.91 Å². The molecule has 8 nitrogen and oxygen atoms in total. The number of nitrogens with zero attached hydrogens (tertiary/aromatic N) is 3. The maximum Gasteiger partial charge on any atom is 0.278 e. The first-order valence-corrected chi connectivity index (χ1v) is 6.71. The largest absolute Gasteiger partial charge is 0.377 e. The van der Waals surface area contributed by atoms with Gasteiger partial charge in [-0.1, -0.05) is 5.16 Å². The van der Waals surface area contributed by atoms with Gasteiger partial charge in [-0.05, 0) is 12.1 Å². The summed E-state index contributed by atoms with van der Waals surface area (Å²) in [4.78, 5) is 14.2. The van der Waals surface area contributed by atoms with Gasteiger partial charge in [0.05, 0.1) is 26.4 Å². The molecule has 2 aliphatic rings. The molecule has 0 aromatic carbocycles. The van der Waals surface area contributed by atoms with E-state index in [0.29, 0.717) is 45.1 Å². The van der Waals surface area contributed by atoms with Crippen molar-refractivity contribution in [3.8, 4) is 0 Å². The number of amides is 1. The minimum absolute atomic E-state index is 0.171. The van der Waals surface area contributed by atoms with E-state index in [-0.39, 0.29) is 11.6 Å². The lowest BCUT2D eigenvalue weighted by atomic mass is 10.0. The van der Waals surface area contributed by atoms with Gasteiger partial charge >= 0.3 is 0 Å². The van der Waals surface area contributed by atoms with E-state index in [1.165, 1.54) is 0 Å². The van der Waals surface area contributed by atoms with Crippen molar-refractivity contribution in [1.82, 2.24) is 20.5 Å². The molecule has 2 saturated heterocycles. The molecule has 3 rings (SSSR count). The van der Waals surface area contributed by atoms with E-state index < -0.39 is 5.60 Å². The number of aryl methyl sites for hydroxylation is 1. The summed E-state index contributed by atoms with van der Waals surface area (Å²) in [7, 11) is 0. The van der Waals surface area contributed by atoms with E-state index >= 15 is 0 Å². The summed E-state index contributed by atoms with van der Waals surface area (Å²) in [5.74, 6) is -0.171. The van der Waals surface area contributed by atoms with Crippen LogP contribution in [0.25, 0.3) is 0 Å². The van der Waals surface area contributed by atoms with Crippen LogP contribution in [0.5, 0.6) is 0 Å². The highest BCUT2D eigenvalue weighted by molar-refractivity contribution is 5.93. The van der Waals surface area contributed by atoms with Crippen molar-refractivity contribution in [2.45, 2.75) is 12.5 Å². The second-order valence-corrected chi connectivity index (χ2v) is 5.19. The molecule has 1 N–H and O–H groups in total. The van der Waals surface area contributed by atoms with E-state index in [9.17, 15) is 4.79 Å². The number of carbonyl (C=O) groups is 1. The molecule has 1 atom stereocenters. The molecule has 0 saturated carbocycles. The summed E-state index contributed by atoms with van der Waals surface area (Å²) in [6.45, 7) is 5.82. The Morgan fingerprint density at radius 3 is 3.10 bits per heavy atom. The Balaban J connectivity index is 1.74. The fourth-order valence-corrected chi connectivity index (χ4v) is 2.56. The number of nitrogens with one attached hydrogen (secondary N) is 1. The highest BCUT2D eigenvalue weighted by Gasteiger charge is 2.40. The van der Waals surface area contributed by atoms with Crippen LogP contribution in [-0.4, -0.2) is 72.7 Å². The average molecular weight is 282 g/mol. The van der Waals surface area contributed by atoms with Crippen LogP contribution in [0.1, 0.15) is 16.2 Å². The lowest BCUT2D eigenvalue weighted by molar-refractivity contribution is -0.125. The summed E-state index contributed by atoms with van der Waals surface area (Å²) in [6.07, 6.45) is 0. The Kier molecular flexibility index (Phi) is 3.68. The summed E-state index contributed by atoms with van der Waals surface area (Å²) in [5, 5.41) is 10.6. The number of hydrogen-bond donors (Lipinski definition) is 1. The van der Waals surface area contributed by atoms with Gasteiger partial charge in [0, 0.05) is 19.6 Å². The van der Waals surface area contributed by atoms with E-state index in [2.05, 4.69) is 20.3 Å². The standard InChI is InChI=1S/C12H18N4O4/c1-9-10(15-20-14-9)11(17)16-3-5-19-12(7-16)6-13-2-4-18-8-12/h13H,2-8H2,1H3/t12-/m0/s1. The summed E-state index contributed by atoms with van der Waals surface area (Å²) in [6, 6.07) is 0. The van der Waals surface area contributed by atoms with Crippen LogP contribution in [-0.2, 0) is 9.47 Å². The van der Waals surface area contributed by atoms with Crippen LogP contribution in [0.4, 0.5) is 0 Å². The number of carbonyl (C=O) groups excluding carboxylic acids is 1. The average Bonchev–Trinajstić information content (AvgIpc) is 2.76. The van der Waals surface area contributed by atoms with Crippen molar-refractivity contribution in [2.24, 2.45) is 0 Å². The first-order chi connectivity index (χ1) is 9.70. The highest BCUT2D eigenvalue weighted by atomic mass is 16.6. The van der Waals surface area contributed by atoms with Crippen molar-refractivity contribution in [3.05, 3.63) is 11.4 Å². The van der Waals surface area contributed by atoms with E-state index in [1.807, 2.05) is 0 Å². The maximum absolute atomic E-state index is 12.4. The highest BCUT2D eigenvalue weighted by Crippen LogP contribution is 2.21. The van der Waals surface area contributed by atoms with Gasteiger partial charge in [0.15, 0.2) is 5.69 Å². The van der Waals surface area contributed by atoms with Crippen molar-refractivity contribution in [1.29, 1.82) is 0 Å². The smallest absolute Gasteiger partial charge is 0.278 e. The van der Waals surface area contributed by atoms with Crippen LogP contribution < -0.4 is 5.32 Å². The number of ether oxygens (including phenoxy) is 2. The molecule has 1 amide bonds. The van der Waals surface area contributed by atoms with Crippen molar-refractivity contribution in [2.75, 3.05) is 46.0 Å². The fourth-order valence-electron chi connectivity index (χ4n) is 2.56. The zero-order valence-corrected chi connectivity index (χ0v) is 11.4. The minimum atomic E-state index is -0.477. The molecular weight excluding hydrogens is 264 g/mol. The molecule has 8 heteroatoms. The summed E-state index contributed by atoms with van der Waals surface area (Å²) < 4.78 is 16.0. The molecule has 3 heterocycles. The second kappa shape index (κ2) is 5.47. The molecular formula is C12H18N4O4. The van der Waals surface area contributed by atoms with Gasteiger partial charge in [0.1, 0.15) is 11.3 Å². The number of hydrogen-bond acceptors (Lipinski definition) is 7. The zero-order valence-electron chi connectivity index (χ0n) is 11.4. The molecule has 2 aliphatic heterocycles. The van der Waals surface area contributed by atoms with Crippen molar-refractivity contribution >= 4 is 5.91 Å². The van der Waals surface area contributed by atoms with Crippen LogP contribution in [0.2, 0.25) is 0 Å². The van der Waals surface area contributed by atoms with Crippen LogP contribution in [0, 0.1) is 6.92 Å². The fraction of sp³-hybridized carbons (Fsp3) is 0.750. The van der Waals surface area contributed by atoms with E-state index in [0.717, 1.165) is 6.54 Å². The Morgan fingerprint density at radius 2 is 2.30 bits per heavy atom. The first kappa shape index (κ1) is 13.5. The molecule has 1 spiro atoms. The molecule has 0 unspecified atom stereocenters. The van der Waals surface area contributed by atoms with Crippen molar-refractivity contribution in [3.63, 3.8) is 0 Å². The summed E-state index contributed by atoms with van der Waals surface area (Å²) >= 11 is 0. The third-order valence-corrected chi connectivity index (χ3v) is 3.63. The Morgan fingerprint density at radius 1 is 1.40 bits per heavy atom. The number of rotatable bonds is 1. The van der Waals surface area contributed by atoms with E-state index in [4.69, 9.17) is 9.47 Å². The SMILES string of the molecule is Cc1nonc1C(=O)N1CCO[C@@]2(CNCCOC2)C1. The lowest BCUT2D eigenvalue weighted by Gasteiger charge is -2.41. The number of morpholine rings is 1. The van der Waals surface area contributed by atoms with Crippen molar-refractivity contribution < 1.29 is 18.9 Å². The minimum Gasteiger partial charge on any atom is -0.377 e. The Labute approximate surface area is 116 Å². The molecule has 2 fully saturated rings. The molecule has 1 aromatic heterocycles. The molecule has 1 aromatic rings. The zero-order chi connectivity index (χ0) is 14.0. The van der Waals surface area contributed by atoms with Crippen LogP contribution >= 0.6 is 0 Å². The second-order valence-electron chi connectivity index (χ2n) is 5.19. The molecule has 20 heavy (non-hydrogen) atoms. The summed E-state index contributed by atoms with van der Waals surface area (Å²) in [5.41, 5.74) is 0.297. The van der Waals surface area contributed by atoms with E-state index in [1.54, 1.807) is 11.8 Å². The Hall–Kier alpha value is -1.51. The molecule has 0 radical (unpaired) electrons. The van der Waals surface area contributed by atoms with Gasteiger partial charge in [0.2, 0.25) is 0 Å². The maximum atomic E-state index is 12.4. The molecule has 0 bridgehead atoms. The van der Waals surface area contributed by atoms with Crippen LogP contribution in [0.3, 0.4) is 0 Å². The predicted octanol–water partition coefficient (Wildman–Crippen LogP) is -0.791. The third-order valence-electron chi connectivity index (χ3n) is 3.63. The van der Waals surface area contributed by atoms with Gasteiger partial charge < -0.3 is 19.7 Å². The Bertz CT molecular complexity index is 482. The monoisotopic (exact) mass is 282 g/mol. The predicted molar refractivity (Wildman–Crippen MR) is 67.3 cm³/mol.